The van der Waals surface area contributed by atoms with Gasteiger partial charge in [-0.3, -0.25) is 9.59 Å². The van der Waals surface area contributed by atoms with Gasteiger partial charge in [0.1, 0.15) is 6.04 Å². The molecule has 7 heteroatoms. The molecule has 4 N–H and O–H groups in total. The first kappa shape index (κ1) is 29.7. The standard InChI is InChI=1S/C33H44N4O3/c1-33(2,3)36-29(15-18-34)31(38)35-30(23-40-22-24-13-14-26-11-7-8-12-28(26)21-24)32(39)37-19-16-27(17-20-37)25-9-5-4-6-10-25/h4-14,21,27,29-30,36H,15-20,22-23,34H2,1-3H3,(H,35,38). The summed E-state index contributed by atoms with van der Waals surface area (Å²) in [5.74, 6) is 0.111. The molecule has 3 aromatic carbocycles. The number of ether oxygens (including phenoxy) is 1. The van der Waals surface area contributed by atoms with Gasteiger partial charge in [-0.05, 0) is 80.5 Å². The van der Waals surface area contributed by atoms with Crippen LogP contribution < -0.4 is 16.4 Å². The van der Waals surface area contributed by atoms with Gasteiger partial charge < -0.3 is 26.0 Å². The number of likely N-dealkylation sites (tertiary alicyclic amines) is 1. The van der Waals surface area contributed by atoms with Crippen molar-refractivity contribution in [1.29, 1.82) is 0 Å². The second-order valence-electron chi connectivity index (χ2n) is 11.8. The second kappa shape index (κ2) is 13.9. The minimum atomic E-state index is -0.775. The third kappa shape index (κ3) is 8.37. The van der Waals surface area contributed by atoms with Gasteiger partial charge in [0, 0.05) is 18.6 Å². The zero-order valence-electron chi connectivity index (χ0n) is 24.1. The molecule has 0 spiro atoms. The van der Waals surface area contributed by atoms with E-state index in [0.717, 1.165) is 23.8 Å². The van der Waals surface area contributed by atoms with Crippen LogP contribution in [-0.4, -0.2) is 60.6 Å². The normalized spacial score (nSPS) is 16.1. The fourth-order valence-corrected chi connectivity index (χ4v) is 5.41. The molecule has 0 aliphatic carbocycles. The third-order valence-electron chi connectivity index (χ3n) is 7.44. The van der Waals surface area contributed by atoms with Crippen LogP contribution in [0.5, 0.6) is 0 Å². The van der Waals surface area contributed by atoms with Gasteiger partial charge in [-0.2, -0.15) is 0 Å². The van der Waals surface area contributed by atoms with E-state index in [-0.39, 0.29) is 24.0 Å². The van der Waals surface area contributed by atoms with Crippen LogP contribution in [0.4, 0.5) is 0 Å². The van der Waals surface area contributed by atoms with E-state index in [0.29, 0.717) is 38.6 Å². The summed E-state index contributed by atoms with van der Waals surface area (Å²) in [6.07, 6.45) is 2.27. The zero-order valence-corrected chi connectivity index (χ0v) is 24.1. The minimum absolute atomic E-state index is 0.0966. The minimum Gasteiger partial charge on any atom is -0.374 e. The Balaban J connectivity index is 1.43. The molecule has 0 radical (unpaired) electrons. The van der Waals surface area contributed by atoms with Crippen LogP contribution in [0.2, 0.25) is 0 Å². The van der Waals surface area contributed by atoms with Crippen molar-refractivity contribution in [1.82, 2.24) is 15.5 Å². The van der Waals surface area contributed by atoms with Crippen molar-refractivity contribution in [2.24, 2.45) is 5.73 Å². The van der Waals surface area contributed by atoms with E-state index < -0.39 is 12.1 Å². The average molecular weight is 545 g/mol. The number of carbonyl (C=O) groups excluding carboxylic acids is 2. The quantitative estimate of drug-likeness (QED) is 0.334. The summed E-state index contributed by atoms with van der Waals surface area (Å²) >= 11 is 0. The molecule has 1 aliphatic heterocycles. The predicted octanol–water partition coefficient (Wildman–Crippen LogP) is 4.35. The largest absolute Gasteiger partial charge is 0.374 e. The van der Waals surface area contributed by atoms with Crippen molar-refractivity contribution in [3.8, 4) is 0 Å². The molecule has 4 rings (SSSR count). The maximum atomic E-state index is 13.7. The van der Waals surface area contributed by atoms with Crippen molar-refractivity contribution in [2.75, 3.05) is 26.2 Å². The molecule has 214 valence electrons. The van der Waals surface area contributed by atoms with Gasteiger partial charge in [0.15, 0.2) is 0 Å². The number of nitrogens with zero attached hydrogens (tertiary/aromatic N) is 1. The fourth-order valence-electron chi connectivity index (χ4n) is 5.41. The number of nitrogens with two attached hydrogens (primary N) is 1. The molecule has 7 nitrogen and oxygen atoms in total. The molecule has 1 fully saturated rings. The van der Waals surface area contributed by atoms with Crippen molar-refractivity contribution in [3.63, 3.8) is 0 Å². The van der Waals surface area contributed by atoms with Crippen LogP contribution in [0.3, 0.4) is 0 Å². The van der Waals surface area contributed by atoms with Crippen LogP contribution in [-0.2, 0) is 20.9 Å². The number of fused-ring (bicyclic) bond motifs is 1. The summed E-state index contributed by atoms with van der Waals surface area (Å²) in [7, 11) is 0. The van der Waals surface area contributed by atoms with Crippen LogP contribution >= 0.6 is 0 Å². The highest BCUT2D eigenvalue weighted by molar-refractivity contribution is 5.90. The van der Waals surface area contributed by atoms with Crippen LogP contribution in [0, 0.1) is 0 Å². The molecular weight excluding hydrogens is 500 g/mol. The predicted molar refractivity (Wildman–Crippen MR) is 161 cm³/mol. The highest BCUT2D eigenvalue weighted by atomic mass is 16.5. The first-order valence-corrected chi connectivity index (χ1v) is 14.4. The monoisotopic (exact) mass is 544 g/mol. The summed E-state index contributed by atoms with van der Waals surface area (Å²) < 4.78 is 6.07. The van der Waals surface area contributed by atoms with Gasteiger partial charge in [0.2, 0.25) is 11.8 Å². The molecule has 1 saturated heterocycles. The van der Waals surface area contributed by atoms with Gasteiger partial charge in [-0.1, -0.05) is 66.7 Å². The number of benzene rings is 3. The Kier molecular flexibility index (Phi) is 10.3. The van der Waals surface area contributed by atoms with E-state index in [9.17, 15) is 9.59 Å². The highest BCUT2D eigenvalue weighted by Gasteiger charge is 2.32. The summed E-state index contributed by atoms with van der Waals surface area (Å²) in [5.41, 5.74) is 7.88. The molecule has 0 bridgehead atoms. The first-order chi connectivity index (χ1) is 19.2. The van der Waals surface area contributed by atoms with E-state index in [1.54, 1.807) is 0 Å². The van der Waals surface area contributed by atoms with E-state index in [2.05, 4.69) is 59.2 Å². The van der Waals surface area contributed by atoms with Crippen molar-refractivity contribution in [3.05, 3.63) is 83.9 Å². The number of hydrogen-bond donors (Lipinski definition) is 3. The summed E-state index contributed by atoms with van der Waals surface area (Å²) in [6, 6.07) is 23.6. The lowest BCUT2D eigenvalue weighted by molar-refractivity contribution is -0.139. The van der Waals surface area contributed by atoms with Crippen molar-refractivity contribution >= 4 is 22.6 Å². The maximum absolute atomic E-state index is 13.7. The number of carbonyl (C=O) groups is 2. The number of nitrogens with one attached hydrogen (secondary N) is 2. The molecule has 0 saturated carbocycles. The molecule has 2 atom stereocenters. The van der Waals surface area contributed by atoms with Crippen LogP contribution in [0.15, 0.2) is 72.8 Å². The third-order valence-corrected chi connectivity index (χ3v) is 7.44. The maximum Gasteiger partial charge on any atom is 0.247 e. The van der Waals surface area contributed by atoms with Crippen molar-refractivity contribution < 1.29 is 14.3 Å². The topological polar surface area (TPSA) is 96.7 Å². The van der Waals surface area contributed by atoms with E-state index >= 15 is 0 Å². The molecule has 3 aromatic rings. The van der Waals surface area contributed by atoms with Gasteiger partial charge in [-0.15, -0.1) is 0 Å². The lowest BCUT2D eigenvalue weighted by atomic mass is 9.89. The van der Waals surface area contributed by atoms with Gasteiger partial charge in [0.25, 0.3) is 0 Å². The Bertz CT molecular complexity index is 1250. The van der Waals surface area contributed by atoms with Crippen LogP contribution in [0.25, 0.3) is 10.8 Å². The van der Waals surface area contributed by atoms with Gasteiger partial charge in [0.05, 0.1) is 19.3 Å². The van der Waals surface area contributed by atoms with E-state index in [4.69, 9.17) is 10.5 Å². The molecule has 1 heterocycles. The summed E-state index contributed by atoms with van der Waals surface area (Å²) in [6.45, 7) is 8.16. The molecule has 0 aromatic heterocycles. The number of piperidine rings is 1. The summed E-state index contributed by atoms with van der Waals surface area (Å²) in [4.78, 5) is 29.0. The lowest BCUT2D eigenvalue weighted by Crippen LogP contribution is -2.58. The Morgan fingerprint density at radius 3 is 2.30 bits per heavy atom. The van der Waals surface area contributed by atoms with E-state index in [1.807, 2.05) is 49.9 Å². The molecular formula is C33H44N4O3. The Labute approximate surface area is 238 Å². The SMILES string of the molecule is CC(C)(C)NC(CCN)C(=O)NC(COCc1ccc2ccccc2c1)C(=O)N1CCC(c2ccccc2)CC1. The smallest absolute Gasteiger partial charge is 0.247 e. The molecule has 2 amide bonds. The number of hydrogen-bond acceptors (Lipinski definition) is 5. The highest BCUT2D eigenvalue weighted by Crippen LogP contribution is 2.28. The van der Waals surface area contributed by atoms with Crippen molar-refractivity contribution in [2.45, 2.75) is 70.2 Å². The number of rotatable bonds is 11. The van der Waals surface area contributed by atoms with Gasteiger partial charge >= 0.3 is 0 Å². The number of amides is 2. The summed E-state index contributed by atoms with van der Waals surface area (Å²) in [5, 5.41) is 8.66. The zero-order chi connectivity index (χ0) is 28.5. The Morgan fingerprint density at radius 2 is 1.62 bits per heavy atom. The van der Waals surface area contributed by atoms with E-state index in [1.165, 1.54) is 10.9 Å². The molecule has 1 aliphatic rings. The van der Waals surface area contributed by atoms with Crippen LogP contribution in [0.1, 0.15) is 57.1 Å². The second-order valence-corrected chi connectivity index (χ2v) is 11.8. The first-order valence-electron chi connectivity index (χ1n) is 14.4. The van der Waals surface area contributed by atoms with Gasteiger partial charge in [-0.25, -0.2) is 0 Å². The molecule has 2 unspecified atom stereocenters. The fraction of sp³-hybridized carbons (Fsp3) is 0.455. The Morgan fingerprint density at radius 1 is 0.950 bits per heavy atom. The Hall–Kier alpha value is -3.26. The average Bonchev–Trinajstić information content (AvgIpc) is 2.96. The molecule has 40 heavy (non-hydrogen) atoms. The lowest BCUT2D eigenvalue weighted by Gasteiger charge is -2.35.